The summed E-state index contributed by atoms with van der Waals surface area (Å²) in [6.45, 7) is 1.68. The molecule has 7 rings (SSSR count). The van der Waals surface area contributed by atoms with Crippen molar-refractivity contribution in [3.63, 3.8) is 0 Å². The minimum atomic E-state index is -2.87. The number of hydrogen-bond donors (Lipinski definition) is 8. The van der Waals surface area contributed by atoms with Crippen LogP contribution in [0.1, 0.15) is 49.7 Å². The molecule has 1 fully saturated rings. The number of ketones is 1. The maximum atomic E-state index is 14.4. The number of carbonyl (C=O) groups is 3. The van der Waals surface area contributed by atoms with E-state index in [1.54, 1.807) is 13.0 Å². The van der Waals surface area contributed by atoms with Crippen molar-refractivity contribution in [2.75, 3.05) is 25.6 Å². The minimum absolute atomic E-state index is 0.00364. The summed E-state index contributed by atoms with van der Waals surface area (Å²) in [6.07, 6.45) is 1.65. The number of Topliss-reactive ketones (excluding diaryl/α,β-unsaturated/α-hetero) is 1. The van der Waals surface area contributed by atoms with Gasteiger partial charge in [-0.1, -0.05) is 67.6 Å². The van der Waals surface area contributed by atoms with Crippen molar-refractivity contribution in [3.8, 4) is 5.75 Å². The molecule has 0 aliphatic heterocycles. The number of benzene rings is 4. The van der Waals surface area contributed by atoms with Crippen molar-refractivity contribution in [2.45, 2.75) is 56.3 Å². The van der Waals surface area contributed by atoms with Crippen LogP contribution in [0.5, 0.6) is 5.75 Å². The van der Waals surface area contributed by atoms with Gasteiger partial charge in [0.25, 0.3) is 5.91 Å². The quantitative estimate of drug-likeness (QED) is 0.0575. The lowest BCUT2D eigenvalue weighted by molar-refractivity contribution is -0.151. The van der Waals surface area contributed by atoms with Gasteiger partial charge in [0.2, 0.25) is 11.7 Å². The number of rotatable bonds is 12. The van der Waals surface area contributed by atoms with Gasteiger partial charge in [-0.05, 0) is 87.3 Å². The fourth-order valence-electron chi connectivity index (χ4n) is 9.68. The monoisotopic (exact) mass is 817 g/mol. The van der Waals surface area contributed by atoms with Crippen LogP contribution in [-0.2, 0) is 14.4 Å². The van der Waals surface area contributed by atoms with E-state index in [0.717, 1.165) is 19.0 Å². The maximum absolute atomic E-state index is 14.4. The molecule has 0 radical (unpaired) electrons. The number of likely N-dealkylation sites (N-methyl/N-ethyl adjacent to an activating group) is 1. The van der Waals surface area contributed by atoms with Gasteiger partial charge in [0.1, 0.15) is 46.0 Å². The van der Waals surface area contributed by atoms with Gasteiger partial charge in [0.05, 0.1) is 41.2 Å². The lowest BCUT2D eigenvalue weighted by Crippen LogP contribution is -2.71. The second kappa shape index (κ2) is 16.2. The highest BCUT2D eigenvalue weighted by Crippen LogP contribution is 2.57. The average molecular weight is 818 g/mol. The van der Waals surface area contributed by atoms with Crippen molar-refractivity contribution in [1.82, 2.24) is 4.90 Å². The van der Waals surface area contributed by atoms with E-state index in [0.29, 0.717) is 12.0 Å². The Morgan fingerprint density at radius 2 is 1.39 bits per heavy atom. The van der Waals surface area contributed by atoms with Crippen LogP contribution < -0.4 is 27.0 Å². The average Bonchev–Trinajstić information content (AvgIpc) is 3.22. The SMILES string of the molecule is C[C@H]1c2ccc(NC(=O)CCCCC[P+](c3ccccc3)(c3ccccc3)c3ccccc3)c(O)c2C(O)=C2C(=O)[C@]3(O)C(=N)C(C(N)=O)=C(O)[C@@H](N(C)C)C3[C@@H](O)C21. The van der Waals surface area contributed by atoms with Gasteiger partial charge >= 0.3 is 0 Å². The van der Waals surface area contributed by atoms with E-state index in [1.165, 1.54) is 41.0 Å². The zero-order valence-corrected chi connectivity index (χ0v) is 34.1. The van der Waals surface area contributed by atoms with E-state index in [2.05, 4.69) is 78.1 Å². The van der Waals surface area contributed by atoms with Gasteiger partial charge in [-0.15, -0.1) is 0 Å². The van der Waals surface area contributed by atoms with Crippen LogP contribution in [-0.4, -0.2) is 91.7 Å². The number of primary amides is 1. The number of hydrogen-bond acceptors (Lipinski definition) is 10. The maximum Gasteiger partial charge on any atom is 0.254 e. The lowest BCUT2D eigenvalue weighted by Gasteiger charge is -2.54. The number of aliphatic hydroxyl groups is 4. The van der Waals surface area contributed by atoms with E-state index in [4.69, 9.17) is 11.1 Å². The first kappa shape index (κ1) is 41.5. The molecule has 306 valence electrons. The predicted molar refractivity (Wildman–Crippen MR) is 230 cm³/mol. The van der Waals surface area contributed by atoms with E-state index in [-0.39, 0.29) is 23.6 Å². The topological polar surface area (TPSA) is 218 Å². The second-order valence-corrected chi connectivity index (χ2v) is 19.5. The normalized spacial score (nSPS) is 24.1. The number of nitrogens with one attached hydrogen (secondary N) is 2. The number of nitrogens with zero attached hydrogens (tertiary/aromatic N) is 1. The zero-order chi connectivity index (χ0) is 42.4. The first-order valence-electron chi connectivity index (χ1n) is 19.8. The molecular formula is C46H50N4O8P+. The Kier molecular flexibility index (Phi) is 11.4. The van der Waals surface area contributed by atoms with Gasteiger partial charge < -0.3 is 42.0 Å². The Labute approximate surface area is 343 Å². The van der Waals surface area contributed by atoms with Crippen LogP contribution in [0.25, 0.3) is 5.76 Å². The fraction of sp³-hybridized carbons (Fsp3) is 0.304. The number of anilines is 1. The molecule has 2 amide bonds. The molecule has 9 N–H and O–H groups in total. The summed E-state index contributed by atoms with van der Waals surface area (Å²) in [5, 5.41) is 73.7. The summed E-state index contributed by atoms with van der Waals surface area (Å²) in [7, 11) is 1.01. The first-order valence-corrected chi connectivity index (χ1v) is 21.7. The third-order valence-electron chi connectivity index (χ3n) is 12.4. The molecule has 6 atom stereocenters. The summed E-state index contributed by atoms with van der Waals surface area (Å²) >= 11 is 0. The molecule has 0 aromatic heterocycles. The smallest absolute Gasteiger partial charge is 0.254 e. The van der Waals surface area contributed by atoms with Crippen molar-refractivity contribution in [2.24, 2.45) is 17.6 Å². The van der Waals surface area contributed by atoms with Crippen LogP contribution in [0, 0.1) is 17.2 Å². The van der Waals surface area contributed by atoms with Crippen LogP contribution in [0.2, 0.25) is 0 Å². The standard InChI is InChI=1S/C46H49N4O8P/c1-26-30-23-24-31(39(52)34(30)40(53)35-33(26)41(54)37-38(50(2)3)42(55)36(45(48)57)43(47)46(37,58)44(35)56)49-32(51)22-14-7-15-25-59(27-16-8-4-9-17-27,28-18-10-5-11-19-28)29-20-12-6-13-21-29/h4-6,8-13,16-21,23-24,26,33,37-38,41,54,58H,7,14-15,22,25H2,1-3H3,(H6-,47,48,49,51,52,53,55,56,57)/p+1/t26-,33?,37?,38-,41-,46+/m0/s1. The number of aromatic hydroxyl groups is 1. The summed E-state index contributed by atoms with van der Waals surface area (Å²) in [5.74, 6) is -8.06. The largest absolute Gasteiger partial charge is 0.510 e. The Hall–Kier alpha value is -5.65. The molecule has 1 saturated carbocycles. The zero-order valence-electron chi connectivity index (χ0n) is 33.2. The third-order valence-corrected chi connectivity index (χ3v) is 17.0. The predicted octanol–water partition coefficient (Wildman–Crippen LogP) is 4.44. The third kappa shape index (κ3) is 6.74. The van der Waals surface area contributed by atoms with E-state index in [1.807, 2.05) is 18.2 Å². The Morgan fingerprint density at radius 1 is 0.847 bits per heavy atom. The van der Waals surface area contributed by atoms with Crippen molar-refractivity contribution >= 4 is 57.9 Å². The summed E-state index contributed by atoms with van der Waals surface area (Å²) in [6, 6.07) is 33.6. The molecule has 0 heterocycles. The number of carbonyl (C=O) groups excluding carboxylic acids is 3. The molecule has 2 unspecified atom stereocenters. The molecular weight excluding hydrogens is 768 g/mol. The van der Waals surface area contributed by atoms with Crippen molar-refractivity contribution in [3.05, 3.63) is 131 Å². The molecule has 4 aromatic carbocycles. The highest BCUT2D eigenvalue weighted by molar-refractivity contribution is 7.95. The van der Waals surface area contributed by atoms with Gasteiger partial charge in [0, 0.05) is 17.9 Å². The van der Waals surface area contributed by atoms with Crippen LogP contribution in [0.4, 0.5) is 5.69 Å². The molecule has 12 nitrogen and oxygen atoms in total. The number of amides is 2. The number of phenols is 1. The second-order valence-electron chi connectivity index (χ2n) is 15.9. The number of fused-ring (bicyclic) bond motifs is 3. The molecule has 3 aliphatic rings. The Bertz CT molecular complexity index is 2270. The minimum Gasteiger partial charge on any atom is -0.510 e. The molecule has 0 saturated heterocycles. The summed E-state index contributed by atoms with van der Waals surface area (Å²) in [4.78, 5) is 41.6. The van der Waals surface area contributed by atoms with Crippen molar-refractivity contribution in [1.29, 1.82) is 5.41 Å². The summed E-state index contributed by atoms with van der Waals surface area (Å²) < 4.78 is 0. The van der Waals surface area contributed by atoms with Gasteiger partial charge in [-0.25, -0.2) is 0 Å². The molecule has 3 aliphatic carbocycles. The number of nitrogens with two attached hydrogens (primary N) is 1. The number of phenolic OH excluding ortho intramolecular Hbond substituents is 1. The van der Waals surface area contributed by atoms with Gasteiger partial charge in [0.15, 0.2) is 5.60 Å². The molecule has 0 spiro atoms. The highest BCUT2D eigenvalue weighted by atomic mass is 31.2. The number of aliphatic hydroxyl groups excluding tert-OH is 3. The fourth-order valence-corrected chi connectivity index (χ4v) is 14.1. The molecule has 13 heteroatoms. The lowest BCUT2D eigenvalue weighted by atomic mass is 9.53. The van der Waals surface area contributed by atoms with Crippen LogP contribution in [0.3, 0.4) is 0 Å². The van der Waals surface area contributed by atoms with Crippen LogP contribution >= 0.6 is 7.26 Å². The highest BCUT2D eigenvalue weighted by Gasteiger charge is 2.67. The first-order chi connectivity index (χ1) is 28.2. The van der Waals surface area contributed by atoms with Gasteiger partial charge in [-0.2, -0.15) is 0 Å². The Morgan fingerprint density at radius 3 is 1.90 bits per heavy atom. The number of unbranched alkanes of at least 4 members (excludes halogenated alkanes) is 2. The Balaban J connectivity index is 1.11. The van der Waals surface area contributed by atoms with Crippen LogP contribution in [0.15, 0.2) is 120 Å². The van der Waals surface area contributed by atoms with E-state index < -0.39 is 88.6 Å². The molecule has 0 bridgehead atoms. The van der Waals surface area contributed by atoms with Crippen molar-refractivity contribution < 1.29 is 39.9 Å². The molecule has 59 heavy (non-hydrogen) atoms. The van der Waals surface area contributed by atoms with Gasteiger partial charge in [-0.3, -0.25) is 19.3 Å². The van der Waals surface area contributed by atoms with E-state index >= 15 is 0 Å². The molecule has 4 aromatic rings. The summed E-state index contributed by atoms with van der Waals surface area (Å²) in [5.41, 5.74) is 0.634. The van der Waals surface area contributed by atoms with E-state index in [9.17, 15) is 39.9 Å².